The van der Waals surface area contributed by atoms with Crippen LogP contribution in [0.1, 0.15) is 66.2 Å². The minimum Gasteiger partial charge on any atom is -0.480 e. The summed E-state index contributed by atoms with van der Waals surface area (Å²) >= 11 is 0. The first-order valence-corrected chi connectivity index (χ1v) is 13.1. The van der Waals surface area contributed by atoms with Gasteiger partial charge in [-0.3, -0.25) is 29.0 Å². The van der Waals surface area contributed by atoms with Gasteiger partial charge in [0.15, 0.2) is 5.96 Å². The van der Waals surface area contributed by atoms with Crippen molar-refractivity contribution in [3.05, 3.63) is 0 Å². The van der Waals surface area contributed by atoms with Gasteiger partial charge >= 0.3 is 5.97 Å². The van der Waals surface area contributed by atoms with Crippen molar-refractivity contribution in [2.75, 3.05) is 13.1 Å². The van der Waals surface area contributed by atoms with E-state index >= 15 is 0 Å². The lowest BCUT2D eigenvalue weighted by Crippen LogP contribution is -2.57. The fraction of sp³-hybridized carbons (Fsp3) is 0.750. The molecule has 0 aliphatic rings. The quantitative estimate of drug-likeness (QED) is 0.0461. The first kappa shape index (κ1) is 35.5. The Labute approximate surface area is 229 Å². The first-order valence-electron chi connectivity index (χ1n) is 13.1. The summed E-state index contributed by atoms with van der Waals surface area (Å²) < 4.78 is 0. The smallest absolute Gasteiger partial charge is 0.325 e. The maximum Gasteiger partial charge on any atom is 0.325 e. The van der Waals surface area contributed by atoms with Gasteiger partial charge in [0.05, 0.1) is 6.04 Å². The second-order valence-electron chi connectivity index (χ2n) is 9.89. The molecule has 0 spiro atoms. The van der Waals surface area contributed by atoms with Crippen LogP contribution in [0.4, 0.5) is 0 Å². The second kappa shape index (κ2) is 18.7. The van der Waals surface area contributed by atoms with Crippen LogP contribution in [0.25, 0.3) is 0 Å². The maximum absolute atomic E-state index is 13.0. The number of carbonyl (C=O) groups is 5. The number of carboxylic acid groups (broad SMARTS) is 1. The van der Waals surface area contributed by atoms with E-state index in [1.807, 2.05) is 13.8 Å². The molecule has 13 N–H and O–H groups in total. The Kier molecular flexibility index (Phi) is 17.1. The van der Waals surface area contributed by atoms with Gasteiger partial charge in [0.25, 0.3) is 0 Å². The number of aliphatic carboxylic acids is 1. The van der Waals surface area contributed by atoms with E-state index in [9.17, 15) is 24.0 Å². The summed E-state index contributed by atoms with van der Waals surface area (Å²) in [4.78, 5) is 66.0. The van der Waals surface area contributed by atoms with Crippen LogP contribution < -0.4 is 44.2 Å². The highest BCUT2D eigenvalue weighted by Gasteiger charge is 2.29. The molecule has 0 unspecified atom stereocenters. The molecule has 0 radical (unpaired) electrons. The molecule has 15 heteroatoms. The predicted molar refractivity (Wildman–Crippen MR) is 147 cm³/mol. The fourth-order valence-corrected chi connectivity index (χ4v) is 3.48. The summed E-state index contributed by atoms with van der Waals surface area (Å²) in [5, 5.41) is 19.1. The monoisotopic (exact) mass is 557 g/mol. The number of aliphatic imine (C=N–C) groups is 1. The molecule has 39 heavy (non-hydrogen) atoms. The number of nitrogens with zero attached hydrogens (tertiary/aromatic N) is 1. The zero-order valence-corrected chi connectivity index (χ0v) is 23.4. The SMILES string of the molecule is CC(C)C[C@H](N)C(=O)N[C@@H](CCCN=C(N)N)C(=O)N[C@@H](C)C(=O)N[C@H](CCCCN)C(=O)N[C@H](C)C(=O)O. The molecule has 5 atom stereocenters. The lowest BCUT2D eigenvalue weighted by Gasteiger charge is -2.25. The first-order chi connectivity index (χ1) is 18.2. The molecule has 0 fully saturated rings. The molecular formula is C24H47N9O6. The zero-order chi connectivity index (χ0) is 30.1. The maximum atomic E-state index is 13.0. The van der Waals surface area contributed by atoms with E-state index in [-0.39, 0.29) is 31.3 Å². The number of carbonyl (C=O) groups excluding carboxylic acids is 4. The summed E-state index contributed by atoms with van der Waals surface area (Å²) in [6.07, 6.45) is 2.29. The van der Waals surface area contributed by atoms with Crippen LogP contribution in [0.3, 0.4) is 0 Å². The normalized spacial score (nSPS) is 14.7. The third-order valence-electron chi connectivity index (χ3n) is 5.70. The zero-order valence-electron chi connectivity index (χ0n) is 23.4. The molecule has 0 saturated carbocycles. The fourth-order valence-electron chi connectivity index (χ4n) is 3.48. The van der Waals surface area contributed by atoms with Crippen molar-refractivity contribution in [2.24, 2.45) is 33.8 Å². The molecular weight excluding hydrogens is 510 g/mol. The number of hydrogen-bond acceptors (Lipinski definition) is 8. The highest BCUT2D eigenvalue weighted by Crippen LogP contribution is 2.06. The van der Waals surface area contributed by atoms with Crippen LogP contribution in [0.2, 0.25) is 0 Å². The van der Waals surface area contributed by atoms with E-state index in [2.05, 4.69) is 26.3 Å². The van der Waals surface area contributed by atoms with Crippen molar-refractivity contribution in [3.8, 4) is 0 Å². The molecule has 0 saturated heterocycles. The number of nitrogens with one attached hydrogen (secondary N) is 4. The Morgan fingerprint density at radius 1 is 0.744 bits per heavy atom. The van der Waals surface area contributed by atoms with E-state index < -0.39 is 59.8 Å². The van der Waals surface area contributed by atoms with Gasteiger partial charge in [-0.15, -0.1) is 0 Å². The molecule has 0 bridgehead atoms. The van der Waals surface area contributed by atoms with Crippen LogP contribution in [0, 0.1) is 5.92 Å². The average molecular weight is 558 g/mol. The Bertz CT molecular complexity index is 848. The molecule has 4 amide bonds. The largest absolute Gasteiger partial charge is 0.480 e. The molecule has 0 aliphatic heterocycles. The minimum atomic E-state index is -1.22. The topological polar surface area (TPSA) is 270 Å². The Morgan fingerprint density at radius 2 is 1.26 bits per heavy atom. The molecule has 0 aromatic rings. The lowest BCUT2D eigenvalue weighted by molar-refractivity contribution is -0.141. The molecule has 15 nitrogen and oxygen atoms in total. The van der Waals surface area contributed by atoms with Gasteiger partial charge in [-0.1, -0.05) is 13.8 Å². The van der Waals surface area contributed by atoms with Gasteiger partial charge in [0.1, 0.15) is 24.2 Å². The highest BCUT2D eigenvalue weighted by atomic mass is 16.4. The van der Waals surface area contributed by atoms with Gasteiger partial charge in [-0.05, 0) is 64.8 Å². The third-order valence-corrected chi connectivity index (χ3v) is 5.70. The Hall–Kier alpha value is -3.46. The van der Waals surface area contributed by atoms with E-state index in [1.165, 1.54) is 13.8 Å². The molecule has 0 rings (SSSR count). The van der Waals surface area contributed by atoms with Crippen molar-refractivity contribution in [3.63, 3.8) is 0 Å². The van der Waals surface area contributed by atoms with Gasteiger partial charge in [-0.25, -0.2) is 0 Å². The summed E-state index contributed by atoms with van der Waals surface area (Å²) in [6, 6.07) is -5.11. The number of hydrogen-bond donors (Lipinski definition) is 9. The molecule has 0 aliphatic carbocycles. The number of carboxylic acids is 1. The van der Waals surface area contributed by atoms with Gasteiger partial charge in [0.2, 0.25) is 23.6 Å². The predicted octanol–water partition coefficient (Wildman–Crippen LogP) is -2.39. The molecule has 0 aromatic heterocycles. The Balaban J connectivity index is 5.41. The minimum absolute atomic E-state index is 0.105. The summed E-state index contributed by atoms with van der Waals surface area (Å²) in [5.41, 5.74) is 22.1. The second-order valence-corrected chi connectivity index (χ2v) is 9.89. The summed E-state index contributed by atoms with van der Waals surface area (Å²) in [5.74, 6) is -3.64. The molecule has 0 heterocycles. The lowest BCUT2D eigenvalue weighted by atomic mass is 10.0. The van der Waals surface area contributed by atoms with Crippen molar-refractivity contribution in [2.45, 2.75) is 96.4 Å². The average Bonchev–Trinajstić information content (AvgIpc) is 2.84. The van der Waals surface area contributed by atoms with Gasteiger partial charge in [0, 0.05) is 6.54 Å². The molecule has 224 valence electrons. The Morgan fingerprint density at radius 3 is 1.74 bits per heavy atom. The summed E-state index contributed by atoms with van der Waals surface area (Å²) in [7, 11) is 0. The number of nitrogens with two attached hydrogens (primary N) is 4. The van der Waals surface area contributed by atoms with Crippen LogP contribution in [0.15, 0.2) is 4.99 Å². The standard InChI is InChI=1S/C24H47N9O6/c1-13(2)12-16(26)20(35)33-18(9-7-11-29-24(27)28)21(36)30-14(3)19(34)32-17(8-5-6-10-25)22(37)31-15(4)23(38)39/h13-18H,5-12,25-26H2,1-4H3,(H,30,36)(H,31,37)(H,32,34)(H,33,35)(H,38,39)(H4,27,28,29)/t14-,15+,16-,17+,18-/m0/s1. The third kappa shape index (κ3) is 15.5. The number of amides is 4. The van der Waals surface area contributed by atoms with Crippen LogP contribution in [-0.4, -0.2) is 84.0 Å². The number of unbranched alkanes of at least 4 members (excludes halogenated alkanes) is 1. The number of rotatable bonds is 19. The van der Waals surface area contributed by atoms with E-state index in [4.69, 9.17) is 28.0 Å². The highest BCUT2D eigenvalue weighted by molar-refractivity contribution is 5.95. The van der Waals surface area contributed by atoms with Crippen molar-refractivity contribution >= 4 is 35.6 Å². The van der Waals surface area contributed by atoms with E-state index in [0.717, 1.165) is 0 Å². The van der Waals surface area contributed by atoms with Crippen molar-refractivity contribution in [1.29, 1.82) is 0 Å². The van der Waals surface area contributed by atoms with Crippen molar-refractivity contribution < 1.29 is 29.1 Å². The van der Waals surface area contributed by atoms with Crippen LogP contribution in [-0.2, 0) is 24.0 Å². The molecule has 0 aromatic carbocycles. The van der Waals surface area contributed by atoms with Crippen molar-refractivity contribution in [1.82, 2.24) is 21.3 Å². The summed E-state index contributed by atoms with van der Waals surface area (Å²) in [6.45, 7) is 7.17. The van der Waals surface area contributed by atoms with Gasteiger partial charge in [-0.2, -0.15) is 0 Å². The number of guanidine groups is 1. The van der Waals surface area contributed by atoms with E-state index in [1.54, 1.807) is 0 Å². The van der Waals surface area contributed by atoms with Crippen LogP contribution in [0.5, 0.6) is 0 Å². The van der Waals surface area contributed by atoms with Crippen LogP contribution >= 0.6 is 0 Å². The van der Waals surface area contributed by atoms with Gasteiger partial charge < -0.3 is 49.3 Å². The van der Waals surface area contributed by atoms with E-state index in [0.29, 0.717) is 32.2 Å².